The van der Waals surface area contributed by atoms with E-state index in [0.717, 1.165) is 25.9 Å². The molecule has 1 saturated carbocycles. The summed E-state index contributed by atoms with van der Waals surface area (Å²) in [7, 11) is 0. The van der Waals surface area contributed by atoms with Gasteiger partial charge in [0.2, 0.25) is 0 Å². The number of hydrogen-bond acceptors (Lipinski definition) is 2. The summed E-state index contributed by atoms with van der Waals surface area (Å²) in [5.41, 5.74) is -0.440. The Hall–Kier alpha value is -0.280. The van der Waals surface area contributed by atoms with Gasteiger partial charge in [0.1, 0.15) is 5.54 Å². The number of likely N-dealkylation sites (tertiary alicyclic amines) is 1. The van der Waals surface area contributed by atoms with Crippen molar-refractivity contribution in [3.8, 4) is 0 Å². The zero-order valence-electron chi connectivity index (χ0n) is 8.37. The fourth-order valence-corrected chi connectivity index (χ4v) is 2.28. The maximum absolute atomic E-state index is 11.1. The standard InChI is InChI=1S/C10H17NO2.ClH/c12-9(13)10(5-6-10)11-7-3-1-2-4-8-11;/h1-8H2,(H,12,13);1H. The zero-order chi connectivity index (χ0) is 9.31. The maximum Gasteiger partial charge on any atom is 0.324 e. The summed E-state index contributed by atoms with van der Waals surface area (Å²) in [4.78, 5) is 13.3. The van der Waals surface area contributed by atoms with Crippen molar-refractivity contribution in [1.82, 2.24) is 4.90 Å². The lowest BCUT2D eigenvalue weighted by atomic mass is 10.2. The van der Waals surface area contributed by atoms with Crippen LogP contribution in [-0.2, 0) is 4.79 Å². The number of aliphatic carboxylic acids is 1. The van der Waals surface area contributed by atoms with Gasteiger partial charge in [0.15, 0.2) is 0 Å². The monoisotopic (exact) mass is 219 g/mol. The quantitative estimate of drug-likeness (QED) is 0.771. The molecular weight excluding hydrogens is 202 g/mol. The molecule has 1 saturated heterocycles. The molecule has 0 atom stereocenters. The number of nitrogens with zero attached hydrogens (tertiary/aromatic N) is 1. The third-order valence-electron chi connectivity index (χ3n) is 3.33. The molecule has 14 heavy (non-hydrogen) atoms. The van der Waals surface area contributed by atoms with Gasteiger partial charge in [-0.15, -0.1) is 12.4 Å². The smallest absolute Gasteiger partial charge is 0.324 e. The summed E-state index contributed by atoms with van der Waals surface area (Å²) in [5, 5.41) is 9.11. The Labute approximate surface area is 90.9 Å². The second-order valence-electron chi connectivity index (χ2n) is 4.24. The fraction of sp³-hybridized carbons (Fsp3) is 0.900. The van der Waals surface area contributed by atoms with Gasteiger partial charge < -0.3 is 5.11 Å². The molecular formula is C10H18ClNO2. The number of carbonyl (C=O) groups is 1. The minimum absolute atomic E-state index is 0. The highest BCUT2D eigenvalue weighted by molar-refractivity contribution is 5.85. The van der Waals surface area contributed by atoms with Crippen molar-refractivity contribution >= 4 is 18.4 Å². The van der Waals surface area contributed by atoms with E-state index in [4.69, 9.17) is 5.11 Å². The molecule has 1 aliphatic heterocycles. The Morgan fingerprint density at radius 3 is 1.93 bits per heavy atom. The highest BCUT2D eigenvalue weighted by atomic mass is 35.5. The van der Waals surface area contributed by atoms with E-state index in [9.17, 15) is 4.79 Å². The van der Waals surface area contributed by atoms with Crippen LogP contribution < -0.4 is 0 Å². The highest BCUT2D eigenvalue weighted by Crippen LogP contribution is 2.42. The molecule has 0 aromatic heterocycles. The molecule has 2 rings (SSSR count). The largest absolute Gasteiger partial charge is 0.480 e. The van der Waals surface area contributed by atoms with Crippen LogP contribution in [0.1, 0.15) is 38.5 Å². The first kappa shape index (κ1) is 11.8. The average Bonchev–Trinajstić information content (AvgIpc) is 2.90. The third kappa shape index (κ3) is 2.04. The van der Waals surface area contributed by atoms with Crippen molar-refractivity contribution in [1.29, 1.82) is 0 Å². The van der Waals surface area contributed by atoms with E-state index in [1.807, 2.05) is 0 Å². The summed E-state index contributed by atoms with van der Waals surface area (Å²) in [6.45, 7) is 1.98. The third-order valence-corrected chi connectivity index (χ3v) is 3.33. The van der Waals surface area contributed by atoms with Gasteiger partial charge in [-0.1, -0.05) is 12.8 Å². The highest BCUT2D eigenvalue weighted by Gasteiger charge is 2.54. The van der Waals surface area contributed by atoms with E-state index >= 15 is 0 Å². The Balaban J connectivity index is 0.000000980. The van der Waals surface area contributed by atoms with Gasteiger partial charge in [0, 0.05) is 0 Å². The molecule has 3 nitrogen and oxygen atoms in total. The van der Waals surface area contributed by atoms with Crippen LogP contribution in [0, 0.1) is 0 Å². The molecule has 0 spiro atoms. The van der Waals surface area contributed by atoms with Crippen LogP contribution in [0.5, 0.6) is 0 Å². The second kappa shape index (κ2) is 4.49. The molecule has 1 aliphatic carbocycles. The van der Waals surface area contributed by atoms with Gasteiger partial charge in [-0.3, -0.25) is 9.69 Å². The zero-order valence-corrected chi connectivity index (χ0v) is 9.18. The van der Waals surface area contributed by atoms with E-state index in [-0.39, 0.29) is 12.4 Å². The minimum Gasteiger partial charge on any atom is -0.480 e. The fourth-order valence-electron chi connectivity index (χ4n) is 2.28. The molecule has 1 N–H and O–H groups in total. The Morgan fingerprint density at radius 1 is 1.07 bits per heavy atom. The molecule has 0 unspecified atom stereocenters. The average molecular weight is 220 g/mol. The Morgan fingerprint density at radius 2 is 1.57 bits per heavy atom. The normalized spacial score (nSPS) is 26.0. The number of rotatable bonds is 2. The van der Waals surface area contributed by atoms with E-state index in [1.54, 1.807) is 0 Å². The van der Waals surface area contributed by atoms with Crippen molar-refractivity contribution < 1.29 is 9.90 Å². The molecule has 4 heteroatoms. The van der Waals surface area contributed by atoms with Gasteiger partial charge in [0.05, 0.1) is 0 Å². The van der Waals surface area contributed by atoms with Crippen LogP contribution in [0.2, 0.25) is 0 Å². The second-order valence-corrected chi connectivity index (χ2v) is 4.24. The molecule has 82 valence electrons. The van der Waals surface area contributed by atoms with E-state index < -0.39 is 11.5 Å². The van der Waals surface area contributed by atoms with Crippen LogP contribution in [0.3, 0.4) is 0 Å². The number of halogens is 1. The van der Waals surface area contributed by atoms with Gasteiger partial charge in [-0.25, -0.2) is 0 Å². The van der Waals surface area contributed by atoms with E-state index in [2.05, 4.69) is 4.90 Å². The first-order valence-electron chi connectivity index (χ1n) is 5.24. The SMILES string of the molecule is Cl.O=C(O)C1(N2CCCCCC2)CC1. The number of carboxylic acid groups (broad SMARTS) is 1. The predicted octanol–water partition coefficient (Wildman–Crippen LogP) is 1.90. The molecule has 0 aromatic carbocycles. The molecule has 0 aromatic rings. The molecule has 2 fully saturated rings. The van der Waals surface area contributed by atoms with Crippen LogP contribution in [0.25, 0.3) is 0 Å². The van der Waals surface area contributed by atoms with Crippen molar-refractivity contribution in [2.45, 2.75) is 44.1 Å². The van der Waals surface area contributed by atoms with Crippen molar-refractivity contribution in [3.05, 3.63) is 0 Å². The number of hydrogen-bond donors (Lipinski definition) is 1. The van der Waals surface area contributed by atoms with Crippen molar-refractivity contribution in [2.75, 3.05) is 13.1 Å². The first-order chi connectivity index (χ1) is 6.26. The summed E-state index contributed by atoms with van der Waals surface area (Å²) >= 11 is 0. The summed E-state index contributed by atoms with van der Waals surface area (Å²) in [6, 6.07) is 0. The van der Waals surface area contributed by atoms with E-state index in [0.29, 0.717) is 0 Å². The number of carboxylic acids is 1. The Kier molecular flexibility index (Phi) is 3.78. The van der Waals surface area contributed by atoms with Crippen LogP contribution in [0.4, 0.5) is 0 Å². The Bertz CT molecular complexity index is 208. The van der Waals surface area contributed by atoms with Gasteiger partial charge in [-0.05, 0) is 38.8 Å². The molecule has 0 radical (unpaired) electrons. The first-order valence-corrected chi connectivity index (χ1v) is 5.24. The maximum atomic E-state index is 11.1. The lowest BCUT2D eigenvalue weighted by Gasteiger charge is -2.26. The lowest BCUT2D eigenvalue weighted by molar-refractivity contribution is -0.145. The summed E-state index contributed by atoms with van der Waals surface area (Å²) < 4.78 is 0. The van der Waals surface area contributed by atoms with Crippen molar-refractivity contribution in [3.63, 3.8) is 0 Å². The van der Waals surface area contributed by atoms with Gasteiger partial charge >= 0.3 is 5.97 Å². The van der Waals surface area contributed by atoms with Crippen LogP contribution >= 0.6 is 12.4 Å². The molecule has 1 heterocycles. The van der Waals surface area contributed by atoms with Gasteiger partial charge in [0.25, 0.3) is 0 Å². The lowest BCUT2D eigenvalue weighted by Crippen LogP contribution is -2.44. The molecule has 2 aliphatic rings. The topological polar surface area (TPSA) is 40.5 Å². The summed E-state index contributed by atoms with van der Waals surface area (Å²) in [6.07, 6.45) is 6.62. The minimum atomic E-state index is -0.602. The van der Waals surface area contributed by atoms with E-state index in [1.165, 1.54) is 25.7 Å². The molecule has 0 amide bonds. The van der Waals surface area contributed by atoms with Crippen LogP contribution in [0.15, 0.2) is 0 Å². The van der Waals surface area contributed by atoms with Crippen molar-refractivity contribution in [2.24, 2.45) is 0 Å². The van der Waals surface area contributed by atoms with Crippen LogP contribution in [-0.4, -0.2) is 34.6 Å². The summed E-state index contributed by atoms with van der Waals surface area (Å²) in [5.74, 6) is -0.602. The predicted molar refractivity (Wildman–Crippen MR) is 56.9 cm³/mol. The molecule has 0 bridgehead atoms. The van der Waals surface area contributed by atoms with Gasteiger partial charge in [-0.2, -0.15) is 0 Å².